The van der Waals surface area contributed by atoms with Crippen molar-refractivity contribution in [3.05, 3.63) is 189 Å². The van der Waals surface area contributed by atoms with Gasteiger partial charge in [-0.3, -0.25) is 18.9 Å². The fourth-order valence-electron chi connectivity index (χ4n) is 14.2. The highest BCUT2D eigenvalue weighted by atomic mass is 35.5. The Morgan fingerprint density at radius 2 is 0.695 bits per heavy atom. The molecule has 3 heterocycles. The second-order valence-corrected chi connectivity index (χ2v) is 38.5. The number of urea groups is 1. The molecule has 0 bridgehead atoms. The summed E-state index contributed by atoms with van der Waals surface area (Å²) in [6.45, 7) is 4.41. The first-order chi connectivity index (χ1) is 56.2. The number of carbonyl (C=O) groups is 4. The van der Waals surface area contributed by atoms with Crippen molar-refractivity contribution in [3.63, 3.8) is 0 Å². The minimum absolute atomic E-state index is 0.0201. The Bertz CT molecular complexity index is 4400. The monoisotopic (exact) mass is 1830 g/mol. The van der Waals surface area contributed by atoms with Crippen LogP contribution in [0.4, 0.5) is 4.79 Å². The molecule has 5 amide bonds. The van der Waals surface area contributed by atoms with Crippen LogP contribution in [0.1, 0.15) is 106 Å². The average molecular weight is 1840 g/mol. The summed E-state index contributed by atoms with van der Waals surface area (Å²) in [7, 11) is -10.7. The van der Waals surface area contributed by atoms with Crippen molar-refractivity contribution in [2.24, 2.45) is 0 Å². The highest BCUT2D eigenvalue weighted by Crippen LogP contribution is 2.43. The highest BCUT2D eigenvalue weighted by Gasteiger charge is 2.36. The molecule has 30 nitrogen and oxygen atoms in total. The van der Waals surface area contributed by atoms with Gasteiger partial charge in [0.05, 0.1) is 94.0 Å². The van der Waals surface area contributed by atoms with Gasteiger partial charge in [-0.2, -0.15) is 0 Å². The molecule has 40 heteroatoms. The quantitative estimate of drug-likeness (QED) is 0.0126. The van der Waals surface area contributed by atoms with Crippen molar-refractivity contribution in [2.75, 3.05) is 166 Å². The van der Waals surface area contributed by atoms with Crippen LogP contribution in [0.3, 0.4) is 0 Å². The lowest BCUT2D eigenvalue weighted by molar-refractivity contribution is -0.121. The van der Waals surface area contributed by atoms with Gasteiger partial charge < -0.3 is 79.5 Å². The summed E-state index contributed by atoms with van der Waals surface area (Å²) < 4.78 is 134. The maximum atomic E-state index is 13.5. The third-order valence-corrected chi connectivity index (χ3v) is 26.6. The lowest BCUT2D eigenvalue weighted by Crippen LogP contribution is -2.53. The van der Waals surface area contributed by atoms with Gasteiger partial charge in [0.25, 0.3) is 0 Å². The van der Waals surface area contributed by atoms with E-state index in [2.05, 4.69) is 55.4 Å². The normalized spacial score (nSPS) is 16.2. The molecule has 0 spiro atoms. The van der Waals surface area contributed by atoms with E-state index in [1.54, 1.807) is 54.6 Å². The number of nitrogens with zero attached hydrogens (tertiary/aromatic N) is 3. The van der Waals surface area contributed by atoms with Crippen molar-refractivity contribution in [2.45, 2.75) is 96.1 Å². The van der Waals surface area contributed by atoms with Crippen molar-refractivity contribution in [1.29, 1.82) is 0 Å². The Kier molecular flexibility index (Phi) is 37.6. The molecular weight excluding hydrogens is 1730 g/mol. The van der Waals surface area contributed by atoms with Gasteiger partial charge in [0.1, 0.15) is 6.29 Å². The number of fused-ring (bicyclic) bond motifs is 3. The average Bonchev–Trinajstić information content (AvgIpc) is 0.780. The van der Waals surface area contributed by atoms with E-state index in [1.165, 1.54) is 18.2 Å². The summed E-state index contributed by atoms with van der Waals surface area (Å²) in [5.41, 5.74) is 6.47. The smallest absolute Gasteiger partial charge is 0.344 e. The molecule has 9 rings (SSSR count). The van der Waals surface area contributed by atoms with Crippen molar-refractivity contribution in [3.8, 4) is 0 Å². The zero-order valence-electron chi connectivity index (χ0n) is 65.7. The Labute approximate surface area is 719 Å². The zero-order chi connectivity index (χ0) is 85.2. The molecular formula is C78H102Cl6N11O19PS3. The van der Waals surface area contributed by atoms with Crippen LogP contribution >= 0.6 is 77.2 Å². The number of sulfonamides is 3. The van der Waals surface area contributed by atoms with Crippen LogP contribution in [0.5, 0.6) is 0 Å². The second-order valence-electron chi connectivity index (χ2n) is 29.0. The molecule has 0 unspecified atom stereocenters. The fraction of sp³-hybridized carbons (Fsp3) is 0.487. The summed E-state index contributed by atoms with van der Waals surface area (Å²) in [5.74, 6) is -2.04. The van der Waals surface area contributed by atoms with E-state index in [-0.39, 0.29) is 190 Å². The Hall–Kier alpha value is -5.74. The molecule has 648 valence electrons. The highest BCUT2D eigenvalue weighted by molar-refractivity contribution is 7.90. The van der Waals surface area contributed by atoms with Gasteiger partial charge in [-0.05, 0) is 163 Å². The van der Waals surface area contributed by atoms with Crippen LogP contribution in [0, 0.1) is 0 Å². The number of rotatable bonds is 48. The molecule has 10 N–H and O–H groups in total. The van der Waals surface area contributed by atoms with Crippen molar-refractivity contribution in [1.82, 2.24) is 55.4 Å². The number of ether oxygens (including phenoxy) is 6. The van der Waals surface area contributed by atoms with E-state index in [1.807, 2.05) is 57.5 Å². The Balaban J connectivity index is 0.710. The molecule has 6 aromatic carbocycles. The topological polar surface area (TPSA) is 390 Å². The van der Waals surface area contributed by atoms with Crippen LogP contribution < -0.4 is 40.8 Å². The van der Waals surface area contributed by atoms with E-state index >= 15 is 0 Å². The number of hydrogen-bond donors (Lipinski definition) is 10. The van der Waals surface area contributed by atoms with E-state index < -0.39 is 73.2 Å². The van der Waals surface area contributed by atoms with Crippen LogP contribution in [0.15, 0.2) is 124 Å². The standard InChI is InChI=1S/C78H102Cl6N11O19PS3/c1-93-46-65(62-40-56(79)43-71(82)68(62)49-93)53-7-4-10-59(37-53)116(103,104)89-22-28-112-34-31-109-25-19-85-74(96)13-16-78(92-77(99)88-52-115(100,101)102,17-14-75(97)86-20-26-110-32-35-113-29-23-90-117(105,106)60-11-5-8-54(38-60)66-47-94(2)50-69-63(66)41-57(80)44-72(69)83)18-15-76(98)87-21-27-111-33-36-114-30-24-91-118(107,108)61-12-6-9-55(39-61)67-48-95(3)51-70-64(67)42-58(81)45-73(70)84/h4-12,37-45,65-67,89-91H,13-36,46-52H2,1-3H3,(H,85,96)(H,86,97)(H,87,98)(H2,88,92,99)(H2,100,101,102)/t65-,66-,67-/m0/s1. The maximum Gasteiger partial charge on any atom is 0.344 e. The SMILES string of the molecule is CN1Cc2c(Cl)cc(Cl)cc2[C@H](c2cccc(S(=O)(=O)NCCOCCOCCNC(=O)CCC(CCC(=O)NCCOCCOCCNS(=O)(=O)c3cccc([C@@H]4CN(C)Cc5c(Cl)cc(Cl)cc54)c3)(CCC(=O)NCCOCCOCCNS(=O)(=O)c3cccc([C@@H]4CN(C)Cc5c(Cl)cc(Cl)cc54)c3)NC(=O)NCP(=O)(O)O)c2)C1. The van der Waals surface area contributed by atoms with E-state index in [4.69, 9.17) is 98.0 Å². The molecule has 6 aromatic rings. The lowest BCUT2D eigenvalue weighted by atomic mass is 9.83. The number of benzene rings is 6. The lowest BCUT2D eigenvalue weighted by Gasteiger charge is -2.35. The molecule has 0 saturated heterocycles. The molecule has 0 aliphatic carbocycles. The number of carbonyl (C=O) groups excluding carboxylic acids is 4. The van der Waals surface area contributed by atoms with E-state index in [0.717, 1.165) is 50.1 Å². The minimum Gasteiger partial charge on any atom is -0.378 e. The second kappa shape index (κ2) is 46.1. The van der Waals surface area contributed by atoms with Gasteiger partial charge in [-0.15, -0.1) is 0 Å². The van der Waals surface area contributed by atoms with Gasteiger partial charge in [0, 0.05) is 151 Å². The van der Waals surface area contributed by atoms with Crippen molar-refractivity contribution < 1.29 is 87.2 Å². The van der Waals surface area contributed by atoms with Gasteiger partial charge in [-0.25, -0.2) is 44.2 Å². The summed E-state index contributed by atoms with van der Waals surface area (Å²) in [4.78, 5) is 79.9. The summed E-state index contributed by atoms with van der Waals surface area (Å²) in [6.07, 6.45) is -2.36. The number of halogens is 6. The molecule has 0 aromatic heterocycles. The molecule has 3 aliphatic rings. The van der Waals surface area contributed by atoms with Crippen molar-refractivity contribution >= 4 is 131 Å². The van der Waals surface area contributed by atoms with Gasteiger partial charge >= 0.3 is 13.6 Å². The van der Waals surface area contributed by atoms with Crippen LogP contribution in [-0.4, -0.2) is 245 Å². The van der Waals surface area contributed by atoms with E-state index in [9.17, 15) is 58.8 Å². The maximum absolute atomic E-state index is 13.5. The largest absolute Gasteiger partial charge is 0.378 e. The van der Waals surface area contributed by atoms with Crippen LogP contribution in [-0.2, 0) is 97.1 Å². The Morgan fingerprint density at radius 1 is 0.415 bits per heavy atom. The molecule has 0 saturated carbocycles. The molecule has 0 radical (unpaired) electrons. The third kappa shape index (κ3) is 30.1. The predicted molar refractivity (Wildman–Crippen MR) is 452 cm³/mol. The Morgan fingerprint density at radius 3 is 0.975 bits per heavy atom. The number of nitrogens with one attached hydrogen (secondary N) is 8. The summed E-state index contributed by atoms with van der Waals surface area (Å²) >= 11 is 38.9. The summed E-state index contributed by atoms with van der Waals surface area (Å²) in [6, 6.07) is 29.8. The molecule has 3 aliphatic heterocycles. The summed E-state index contributed by atoms with van der Waals surface area (Å²) in [5, 5.41) is 16.2. The third-order valence-electron chi connectivity index (χ3n) is 19.9. The zero-order valence-corrected chi connectivity index (χ0v) is 73.5. The molecule has 0 fully saturated rings. The van der Waals surface area contributed by atoms with Gasteiger partial charge in [0.2, 0.25) is 47.8 Å². The fourth-order valence-corrected chi connectivity index (χ4v) is 19.4. The number of hydrogen-bond acceptors (Lipinski definition) is 20. The first-order valence-corrected chi connectivity index (χ1v) is 46.8. The molecule has 3 atom stereocenters. The van der Waals surface area contributed by atoms with Crippen LogP contribution in [0.25, 0.3) is 0 Å². The first kappa shape index (κ1) is 96.1. The van der Waals surface area contributed by atoms with Gasteiger partial charge in [-0.1, -0.05) is 106 Å². The molecule has 118 heavy (non-hydrogen) atoms. The van der Waals surface area contributed by atoms with Crippen LogP contribution in [0.2, 0.25) is 30.1 Å². The minimum atomic E-state index is -4.78. The number of likely N-dealkylation sites (N-methyl/N-ethyl adjacent to an activating group) is 3. The first-order valence-electron chi connectivity index (χ1n) is 38.3. The van der Waals surface area contributed by atoms with Gasteiger partial charge in [0.15, 0.2) is 0 Å². The number of amides is 5. The van der Waals surface area contributed by atoms with E-state index in [0.29, 0.717) is 69.4 Å². The predicted octanol–water partition coefficient (Wildman–Crippen LogP) is 8.54.